The van der Waals surface area contributed by atoms with Crippen molar-refractivity contribution in [3.63, 3.8) is 0 Å². The summed E-state index contributed by atoms with van der Waals surface area (Å²) in [7, 11) is 3.54. The number of rotatable bonds is 2. The van der Waals surface area contributed by atoms with Crippen molar-refractivity contribution in [3.05, 3.63) is 59.7 Å². The van der Waals surface area contributed by atoms with Crippen LogP contribution in [0, 0.1) is 0 Å². The van der Waals surface area contributed by atoms with Gasteiger partial charge in [0.1, 0.15) is 5.75 Å². The first kappa shape index (κ1) is 14.3. The lowest BCUT2D eigenvalue weighted by atomic mass is 9.73. The Bertz CT molecular complexity index is 756. The quantitative estimate of drug-likeness (QED) is 0.927. The zero-order valence-electron chi connectivity index (χ0n) is 13.4. The Morgan fingerprint density at radius 1 is 1.17 bits per heavy atom. The normalized spacial score (nSPS) is 25.9. The molecular formula is C19H20N2O2. The van der Waals surface area contributed by atoms with Crippen molar-refractivity contribution in [3.8, 4) is 5.75 Å². The lowest BCUT2D eigenvalue weighted by Crippen LogP contribution is -2.42. The zero-order valence-corrected chi connectivity index (χ0v) is 13.4. The van der Waals surface area contributed by atoms with Gasteiger partial charge in [-0.15, -0.1) is 0 Å². The SMILES string of the molecule is COc1ccc([C@@H]2NCC[C@]23C(=O)N(C)c2ccccc23)cc1. The van der Waals surface area contributed by atoms with Crippen molar-refractivity contribution in [2.45, 2.75) is 17.9 Å². The lowest BCUT2D eigenvalue weighted by molar-refractivity contribution is -0.123. The Balaban J connectivity index is 1.84. The number of methoxy groups -OCH3 is 1. The molecule has 0 saturated carbocycles. The number of amides is 1. The molecule has 0 bridgehead atoms. The van der Waals surface area contributed by atoms with Gasteiger partial charge in [0, 0.05) is 12.7 Å². The van der Waals surface area contributed by atoms with Crippen LogP contribution < -0.4 is 15.0 Å². The number of likely N-dealkylation sites (N-methyl/N-ethyl adjacent to an activating group) is 1. The molecule has 1 fully saturated rings. The van der Waals surface area contributed by atoms with E-state index < -0.39 is 5.41 Å². The van der Waals surface area contributed by atoms with Crippen LogP contribution in [0.2, 0.25) is 0 Å². The third kappa shape index (κ3) is 1.85. The monoisotopic (exact) mass is 308 g/mol. The van der Waals surface area contributed by atoms with Gasteiger partial charge in [0.15, 0.2) is 0 Å². The smallest absolute Gasteiger partial charge is 0.239 e. The van der Waals surface area contributed by atoms with Gasteiger partial charge >= 0.3 is 0 Å². The molecule has 1 amide bonds. The molecule has 2 aliphatic rings. The summed E-state index contributed by atoms with van der Waals surface area (Å²) in [6, 6.07) is 16.2. The van der Waals surface area contributed by atoms with E-state index in [0.717, 1.165) is 35.5 Å². The second-order valence-electron chi connectivity index (χ2n) is 6.26. The van der Waals surface area contributed by atoms with E-state index in [1.165, 1.54) is 0 Å². The van der Waals surface area contributed by atoms with Crippen LogP contribution in [0.3, 0.4) is 0 Å². The van der Waals surface area contributed by atoms with Crippen molar-refractivity contribution in [1.82, 2.24) is 5.32 Å². The highest BCUT2D eigenvalue weighted by atomic mass is 16.5. The van der Waals surface area contributed by atoms with Crippen LogP contribution in [-0.2, 0) is 10.2 Å². The highest BCUT2D eigenvalue weighted by molar-refractivity contribution is 6.08. The third-order valence-electron chi connectivity index (χ3n) is 5.24. The van der Waals surface area contributed by atoms with E-state index in [1.807, 2.05) is 37.4 Å². The average Bonchev–Trinajstić information content (AvgIpc) is 3.13. The topological polar surface area (TPSA) is 41.6 Å². The molecule has 0 unspecified atom stereocenters. The van der Waals surface area contributed by atoms with Crippen molar-refractivity contribution in [2.24, 2.45) is 0 Å². The predicted molar refractivity (Wildman–Crippen MR) is 89.9 cm³/mol. The largest absolute Gasteiger partial charge is 0.497 e. The Kier molecular flexibility index (Phi) is 3.16. The van der Waals surface area contributed by atoms with E-state index in [1.54, 1.807) is 12.0 Å². The van der Waals surface area contributed by atoms with E-state index in [2.05, 4.69) is 23.5 Å². The number of carbonyl (C=O) groups excluding carboxylic acids is 1. The van der Waals surface area contributed by atoms with Crippen LogP contribution >= 0.6 is 0 Å². The molecule has 118 valence electrons. The molecule has 2 aromatic rings. The zero-order chi connectivity index (χ0) is 16.0. The maximum absolute atomic E-state index is 13.2. The van der Waals surface area contributed by atoms with Crippen LogP contribution in [0.5, 0.6) is 5.75 Å². The number of hydrogen-bond donors (Lipinski definition) is 1. The molecule has 2 aromatic carbocycles. The predicted octanol–water partition coefficient (Wildman–Crippen LogP) is 2.64. The third-order valence-corrected chi connectivity index (χ3v) is 5.24. The summed E-state index contributed by atoms with van der Waals surface area (Å²) < 4.78 is 5.25. The summed E-state index contributed by atoms with van der Waals surface area (Å²) >= 11 is 0. The van der Waals surface area contributed by atoms with Gasteiger partial charge in [-0.1, -0.05) is 30.3 Å². The average molecular weight is 308 g/mol. The second kappa shape index (κ2) is 5.10. The number of benzene rings is 2. The molecule has 1 spiro atoms. The molecule has 23 heavy (non-hydrogen) atoms. The summed E-state index contributed by atoms with van der Waals surface area (Å²) in [5, 5.41) is 3.55. The van der Waals surface area contributed by atoms with Crippen LogP contribution in [0.15, 0.2) is 48.5 Å². The summed E-state index contributed by atoms with van der Waals surface area (Å²) in [4.78, 5) is 15.0. The van der Waals surface area contributed by atoms with E-state index in [9.17, 15) is 4.79 Å². The van der Waals surface area contributed by atoms with Gasteiger partial charge in [0.2, 0.25) is 5.91 Å². The highest BCUT2D eigenvalue weighted by Crippen LogP contribution is 2.52. The first-order chi connectivity index (χ1) is 11.2. The van der Waals surface area contributed by atoms with Gasteiger partial charge in [0.25, 0.3) is 0 Å². The van der Waals surface area contributed by atoms with Crippen molar-refractivity contribution in [2.75, 3.05) is 25.6 Å². The fourth-order valence-corrected chi connectivity index (χ4v) is 4.12. The van der Waals surface area contributed by atoms with Crippen LogP contribution in [-0.4, -0.2) is 26.6 Å². The molecule has 1 saturated heterocycles. The first-order valence-corrected chi connectivity index (χ1v) is 7.93. The molecule has 4 heteroatoms. The number of nitrogens with one attached hydrogen (secondary N) is 1. The van der Waals surface area contributed by atoms with Gasteiger partial charge in [0.05, 0.1) is 18.6 Å². The van der Waals surface area contributed by atoms with Gasteiger partial charge < -0.3 is 15.0 Å². The van der Waals surface area contributed by atoms with Crippen LogP contribution in [0.25, 0.3) is 0 Å². The molecule has 4 rings (SSSR count). The molecule has 2 heterocycles. The standard InChI is InChI=1S/C19H20N2O2/c1-21-16-6-4-3-5-15(16)19(18(21)22)11-12-20-17(19)13-7-9-14(23-2)10-8-13/h3-10,17,20H,11-12H2,1-2H3/t17-,19+/m0/s1. The number of hydrogen-bond acceptors (Lipinski definition) is 3. The van der Waals surface area contributed by atoms with Gasteiger partial charge in [-0.3, -0.25) is 4.79 Å². The van der Waals surface area contributed by atoms with Crippen molar-refractivity contribution < 1.29 is 9.53 Å². The number of anilines is 1. The van der Waals surface area contributed by atoms with E-state index >= 15 is 0 Å². The van der Waals surface area contributed by atoms with Gasteiger partial charge in [-0.05, 0) is 42.3 Å². The summed E-state index contributed by atoms with van der Waals surface area (Å²) in [6.45, 7) is 0.838. The molecule has 0 aromatic heterocycles. The number of nitrogens with zero attached hydrogens (tertiary/aromatic N) is 1. The molecule has 4 nitrogen and oxygen atoms in total. The highest BCUT2D eigenvalue weighted by Gasteiger charge is 2.57. The summed E-state index contributed by atoms with van der Waals surface area (Å²) in [5.41, 5.74) is 2.79. The fraction of sp³-hybridized carbons (Fsp3) is 0.316. The minimum atomic E-state index is -0.500. The first-order valence-electron chi connectivity index (χ1n) is 7.93. The maximum atomic E-state index is 13.2. The fourth-order valence-electron chi connectivity index (χ4n) is 4.12. The second-order valence-corrected chi connectivity index (χ2v) is 6.26. The Labute approximate surface area is 136 Å². The minimum absolute atomic E-state index is 0.00740. The summed E-state index contributed by atoms with van der Waals surface area (Å²) in [5.74, 6) is 1.01. The van der Waals surface area contributed by atoms with E-state index in [4.69, 9.17) is 4.74 Å². The van der Waals surface area contributed by atoms with E-state index in [-0.39, 0.29) is 11.9 Å². The van der Waals surface area contributed by atoms with Crippen LogP contribution in [0.1, 0.15) is 23.6 Å². The Hall–Kier alpha value is -2.33. The number of para-hydroxylation sites is 1. The molecule has 2 aliphatic heterocycles. The summed E-state index contributed by atoms with van der Waals surface area (Å²) in [6.07, 6.45) is 0.823. The van der Waals surface area contributed by atoms with Crippen molar-refractivity contribution in [1.29, 1.82) is 0 Å². The Morgan fingerprint density at radius 2 is 1.91 bits per heavy atom. The van der Waals surface area contributed by atoms with E-state index in [0.29, 0.717) is 0 Å². The molecule has 0 radical (unpaired) electrons. The Morgan fingerprint density at radius 3 is 2.65 bits per heavy atom. The van der Waals surface area contributed by atoms with Crippen LogP contribution in [0.4, 0.5) is 5.69 Å². The number of ether oxygens (including phenoxy) is 1. The number of carbonyl (C=O) groups is 1. The molecule has 0 aliphatic carbocycles. The van der Waals surface area contributed by atoms with Gasteiger partial charge in [-0.25, -0.2) is 0 Å². The minimum Gasteiger partial charge on any atom is -0.497 e. The molecule has 1 N–H and O–H groups in total. The molecular weight excluding hydrogens is 288 g/mol. The number of fused-ring (bicyclic) bond motifs is 2. The maximum Gasteiger partial charge on any atom is 0.239 e. The molecule has 2 atom stereocenters. The lowest BCUT2D eigenvalue weighted by Gasteiger charge is -2.30. The van der Waals surface area contributed by atoms with Gasteiger partial charge in [-0.2, -0.15) is 0 Å². The van der Waals surface area contributed by atoms with Crippen molar-refractivity contribution >= 4 is 11.6 Å².